The first-order valence-electron chi connectivity index (χ1n) is 12.3. The molecule has 2 aromatic rings. The number of ether oxygens (including phenoxy) is 1. The second-order valence-corrected chi connectivity index (χ2v) is 10.7. The van der Waals surface area contributed by atoms with E-state index in [1.54, 1.807) is 55.5 Å². The Bertz CT molecular complexity index is 1140. The van der Waals surface area contributed by atoms with Crippen LogP contribution in [0.4, 0.5) is 0 Å². The number of carbonyl (C=O) groups excluding carboxylic acids is 4. The molecule has 1 N–H and O–H groups in total. The monoisotopic (exact) mass is 546 g/mol. The van der Waals surface area contributed by atoms with Gasteiger partial charge >= 0.3 is 5.97 Å². The normalized spacial score (nSPS) is 15.6. The first-order valence-corrected chi connectivity index (χ1v) is 14.0. The highest BCUT2D eigenvalue weighted by Crippen LogP contribution is 2.24. The van der Waals surface area contributed by atoms with Crippen LogP contribution in [0.1, 0.15) is 65.3 Å². The number of nitrogens with zero attached hydrogens (tertiary/aromatic N) is 1. The Balaban J connectivity index is 1.34. The number of ketones is 1. The Hall–Kier alpha value is -3.04. The van der Waals surface area contributed by atoms with Crippen LogP contribution in [0.25, 0.3) is 0 Å². The molecule has 2 unspecified atom stereocenters. The Kier molecular flexibility index (Phi) is 10.8. The summed E-state index contributed by atoms with van der Waals surface area (Å²) in [7, 11) is -1.38. The van der Waals surface area contributed by atoms with Gasteiger partial charge in [-0.2, -0.15) is 0 Å². The first-order chi connectivity index (χ1) is 17.8. The zero-order valence-electron chi connectivity index (χ0n) is 20.7. The molecular weight excluding hydrogens is 516 g/mol. The van der Waals surface area contributed by atoms with E-state index in [2.05, 4.69) is 5.32 Å². The molecule has 0 saturated carbocycles. The zero-order chi connectivity index (χ0) is 26.8. The van der Waals surface area contributed by atoms with Gasteiger partial charge in [-0.1, -0.05) is 30.2 Å². The molecule has 2 aromatic carbocycles. The summed E-state index contributed by atoms with van der Waals surface area (Å²) >= 11 is 5.84. The molecule has 0 bridgehead atoms. The minimum atomic E-state index is -1.38. The van der Waals surface area contributed by atoms with E-state index < -0.39 is 22.1 Å². The van der Waals surface area contributed by atoms with E-state index in [-0.39, 0.29) is 42.9 Å². The van der Waals surface area contributed by atoms with E-state index in [0.717, 1.165) is 12.0 Å². The third-order valence-electron chi connectivity index (χ3n) is 5.98. The standard InChI is InChI=1S/C27H31ClN2O6S/c1-2-36-27(34)21-9-7-19(8-10-21)18-37(35)26-16-25(33)30(26)17-24(32)29-15-5-3-4-6-23(31)20-11-13-22(28)14-12-20/h7-14,26H,2-6,15-18H2,1H3,(H,29,32). The average Bonchev–Trinajstić information content (AvgIpc) is 2.88. The molecule has 198 valence electrons. The van der Waals surface area contributed by atoms with Crippen molar-refractivity contribution < 1.29 is 28.1 Å². The lowest BCUT2D eigenvalue weighted by molar-refractivity contribution is -0.145. The van der Waals surface area contributed by atoms with Gasteiger partial charge in [0.25, 0.3) is 0 Å². The summed E-state index contributed by atoms with van der Waals surface area (Å²) < 4.78 is 17.8. The van der Waals surface area contributed by atoms with E-state index in [1.807, 2.05) is 0 Å². The second-order valence-electron chi connectivity index (χ2n) is 8.71. The predicted octanol–water partition coefficient (Wildman–Crippen LogP) is 3.88. The Morgan fingerprint density at radius 2 is 1.70 bits per heavy atom. The molecule has 1 heterocycles. The number of hydrogen-bond donors (Lipinski definition) is 1. The van der Waals surface area contributed by atoms with E-state index in [9.17, 15) is 23.4 Å². The van der Waals surface area contributed by atoms with Crippen LogP contribution < -0.4 is 5.32 Å². The molecule has 1 fully saturated rings. The van der Waals surface area contributed by atoms with Crippen molar-refractivity contribution in [3.8, 4) is 0 Å². The molecule has 8 nitrogen and oxygen atoms in total. The number of β-lactam (4-membered cyclic amide) rings is 1. The van der Waals surface area contributed by atoms with Gasteiger partial charge in [0, 0.05) is 34.4 Å². The van der Waals surface area contributed by atoms with Crippen LogP contribution in [0.5, 0.6) is 0 Å². The number of unbranched alkanes of at least 4 members (excludes halogenated alkanes) is 2. The fourth-order valence-corrected chi connectivity index (χ4v) is 5.51. The van der Waals surface area contributed by atoms with Crippen LogP contribution >= 0.6 is 11.6 Å². The molecule has 2 amide bonds. The maximum Gasteiger partial charge on any atom is 0.338 e. The van der Waals surface area contributed by atoms with E-state index in [4.69, 9.17) is 16.3 Å². The third-order valence-corrected chi connectivity index (χ3v) is 7.88. The summed E-state index contributed by atoms with van der Waals surface area (Å²) in [5.74, 6) is -0.638. The average molecular weight is 547 g/mol. The van der Waals surface area contributed by atoms with Crippen LogP contribution in [0, 0.1) is 0 Å². The maximum absolute atomic E-state index is 12.8. The molecule has 0 spiro atoms. The van der Waals surface area contributed by atoms with Crippen molar-refractivity contribution in [3.63, 3.8) is 0 Å². The largest absolute Gasteiger partial charge is 0.462 e. The number of nitrogens with one attached hydrogen (secondary N) is 1. The maximum atomic E-state index is 12.8. The highest BCUT2D eigenvalue weighted by molar-refractivity contribution is 7.85. The van der Waals surface area contributed by atoms with Gasteiger partial charge in [0.15, 0.2) is 5.78 Å². The number of benzene rings is 2. The van der Waals surface area contributed by atoms with Crippen molar-refractivity contribution in [3.05, 3.63) is 70.2 Å². The molecule has 0 aliphatic carbocycles. The van der Waals surface area contributed by atoms with Crippen molar-refractivity contribution in [1.82, 2.24) is 10.2 Å². The molecule has 37 heavy (non-hydrogen) atoms. The number of carbonyl (C=O) groups is 4. The van der Waals surface area contributed by atoms with Gasteiger partial charge in [-0.15, -0.1) is 0 Å². The minimum Gasteiger partial charge on any atom is -0.462 e. The van der Waals surface area contributed by atoms with Crippen molar-refractivity contribution in [2.24, 2.45) is 0 Å². The third kappa shape index (κ3) is 8.50. The molecule has 1 aliphatic rings. The van der Waals surface area contributed by atoms with E-state index in [0.29, 0.717) is 42.0 Å². The second kappa shape index (κ2) is 14.0. The van der Waals surface area contributed by atoms with Crippen LogP contribution in [0.15, 0.2) is 48.5 Å². The number of halogens is 1. The summed E-state index contributed by atoms with van der Waals surface area (Å²) in [4.78, 5) is 49.6. The Morgan fingerprint density at radius 3 is 2.35 bits per heavy atom. The van der Waals surface area contributed by atoms with Crippen LogP contribution in [-0.4, -0.2) is 57.7 Å². The number of likely N-dealkylation sites (tertiary alicyclic amines) is 1. The minimum absolute atomic E-state index is 0.0611. The van der Waals surface area contributed by atoms with Crippen LogP contribution in [0.2, 0.25) is 5.02 Å². The summed E-state index contributed by atoms with van der Waals surface area (Å²) in [5, 5.41) is 2.87. The van der Waals surface area contributed by atoms with Gasteiger partial charge in [-0.3, -0.25) is 18.6 Å². The molecule has 10 heteroatoms. The van der Waals surface area contributed by atoms with Crippen molar-refractivity contribution >= 4 is 46.0 Å². The lowest BCUT2D eigenvalue weighted by atomic mass is 10.0. The van der Waals surface area contributed by atoms with Gasteiger partial charge in [0.2, 0.25) is 11.8 Å². The topological polar surface area (TPSA) is 110 Å². The molecule has 1 saturated heterocycles. The zero-order valence-corrected chi connectivity index (χ0v) is 22.3. The van der Waals surface area contributed by atoms with Gasteiger partial charge in [0.1, 0.15) is 11.9 Å². The number of amides is 2. The number of rotatable bonds is 14. The van der Waals surface area contributed by atoms with Gasteiger partial charge < -0.3 is 15.0 Å². The lowest BCUT2D eigenvalue weighted by Gasteiger charge is -2.39. The van der Waals surface area contributed by atoms with Crippen molar-refractivity contribution in [2.75, 3.05) is 19.7 Å². The lowest BCUT2D eigenvalue weighted by Crippen LogP contribution is -2.57. The van der Waals surface area contributed by atoms with Gasteiger partial charge in [0.05, 0.1) is 24.3 Å². The van der Waals surface area contributed by atoms with Gasteiger partial charge in [-0.05, 0) is 61.7 Å². The van der Waals surface area contributed by atoms with Gasteiger partial charge in [-0.25, -0.2) is 4.79 Å². The Labute approximate surface area is 224 Å². The SMILES string of the molecule is CCOC(=O)c1ccc(CS(=O)C2CC(=O)N2CC(=O)NCCCCCC(=O)c2ccc(Cl)cc2)cc1. The smallest absolute Gasteiger partial charge is 0.338 e. The highest BCUT2D eigenvalue weighted by atomic mass is 35.5. The van der Waals surface area contributed by atoms with Crippen molar-refractivity contribution in [2.45, 2.75) is 50.2 Å². The summed E-state index contributed by atoms with van der Waals surface area (Å²) in [6.07, 6.45) is 2.78. The summed E-state index contributed by atoms with van der Waals surface area (Å²) in [6, 6.07) is 13.5. The molecule has 0 aromatic heterocycles. The van der Waals surface area contributed by atoms with E-state index >= 15 is 0 Å². The quantitative estimate of drug-likeness (QED) is 0.167. The predicted molar refractivity (Wildman–Crippen MR) is 142 cm³/mol. The highest BCUT2D eigenvalue weighted by Gasteiger charge is 2.41. The molecular formula is C27H31ClN2O6S. The number of Topliss-reactive ketones (excluding diaryl/α,β-unsaturated/α-hetero) is 1. The first kappa shape index (κ1) is 28.5. The molecule has 2 atom stereocenters. The van der Waals surface area contributed by atoms with Crippen molar-refractivity contribution in [1.29, 1.82) is 0 Å². The molecule has 0 radical (unpaired) electrons. The van der Waals surface area contributed by atoms with Crippen LogP contribution in [-0.2, 0) is 30.9 Å². The summed E-state index contributed by atoms with van der Waals surface area (Å²) in [6.45, 7) is 2.33. The number of esters is 1. The van der Waals surface area contributed by atoms with Crippen LogP contribution in [0.3, 0.4) is 0 Å². The molecule has 3 rings (SSSR count). The van der Waals surface area contributed by atoms with E-state index in [1.165, 1.54) is 4.90 Å². The fourth-order valence-electron chi connectivity index (χ4n) is 3.87. The summed E-state index contributed by atoms with van der Waals surface area (Å²) in [5.41, 5.74) is 1.82. The Morgan fingerprint density at radius 1 is 1.03 bits per heavy atom. The number of hydrogen-bond acceptors (Lipinski definition) is 6. The molecule has 1 aliphatic heterocycles. The fraction of sp³-hybridized carbons (Fsp3) is 0.407.